The second kappa shape index (κ2) is 9.23. The fraction of sp³-hybridized carbons (Fsp3) is 0.318. The van der Waals surface area contributed by atoms with Crippen LogP contribution in [0.15, 0.2) is 47.0 Å². The maximum Gasteiger partial charge on any atom is 0.306 e. The van der Waals surface area contributed by atoms with Crippen LogP contribution in [0, 0.1) is 0 Å². The molecule has 1 heterocycles. The topological polar surface area (TPSA) is 94.7 Å². The zero-order valence-corrected chi connectivity index (χ0v) is 16.7. The van der Waals surface area contributed by atoms with Gasteiger partial charge in [-0.05, 0) is 35.6 Å². The summed E-state index contributed by atoms with van der Waals surface area (Å²) in [4.78, 5) is 16.3. The number of methoxy groups -OCH3 is 1. The first-order valence-corrected chi connectivity index (χ1v) is 9.40. The Morgan fingerprint density at radius 3 is 2.59 bits per heavy atom. The zero-order chi connectivity index (χ0) is 20.8. The predicted molar refractivity (Wildman–Crippen MR) is 107 cm³/mol. The van der Waals surface area contributed by atoms with Crippen molar-refractivity contribution in [2.24, 2.45) is 0 Å². The van der Waals surface area contributed by atoms with Gasteiger partial charge in [0, 0.05) is 12.0 Å². The second-order valence-corrected chi connectivity index (χ2v) is 6.96. The van der Waals surface area contributed by atoms with Crippen LogP contribution in [-0.4, -0.2) is 28.3 Å². The molecule has 7 nitrogen and oxygen atoms in total. The summed E-state index contributed by atoms with van der Waals surface area (Å²) < 4.78 is 15.4. The summed E-state index contributed by atoms with van der Waals surface area (Å²) in [5.74, 6) is 1.19. The molecule has 0 unspecified atom stereocenters. The van der Waals surface area contributed by atoms with Crippen LogP contribution >= 0.6 is 0 Å². The Labute approximate surface area is 169 Å². The minimum absolute atomic E-state index is 0.0400. The van der Waals surface area contributed by atoms with Gasteiger partial charge >= 0.3 is 5.97 Å². The van der Waals surface area contributed by atoms with Gasteiger partial charge in [0.25, 0.3) is 5.89 Å². The molecule has 0 spiro atoms. The van der Waals surface area contributed by atoms with Gasteiger partial charge in [0.05, 0.1) is 7.11 Å². The molecule has 0 atom stereocenters. The molecule has 0 aliphatic rings. The van der Waals surface area contributed by atoms with E-state index in [1.54, 1.807) is 18.2 Å². The van der Waals surface area contributed by atoms with E-state index in [-0.39, 0.29) is 30.6 Å². The van der Waals surface area contributed by atoms with Crippen molar-refractivity contribution < 1.29 is 23.9 Å². The van der Waals surface area contributed by atoms with E-state index >= 15 is 0 Å². The maximum atomic E-state index is 12.0. The van der Waals surface area contributed by atoms with Crippen molar-refractivity contribution in [2.45, 2.75) is 39.2 Å². The van der Waals surface area contributed by atoms with Crippen LogP contribution in [0.25, 0.3) is 11.4 Å². The number of nitrogens with zero attached hydrogens (tertiary/aromatic N) is 2. The Morgan fingerprint density at radius 1 is 1.17 bits per heavy atom. The number of aryl methyl sites for hydroxylation is 1. The highest BCUT2D eigenvalue weighted by molar-refractivity contribution is 5.69. The Kier molecular flexibility index (Phi) is 6.49. The van der Waals surface area contributed by atoms with Crippen molar-refractivity contribution in [1.29, 1.82) is 0 Å². The summed E-state index contributed by atoms with van der Waals surface area (Å²) in [5.41, 5.74) is 2.89. The molecule has 0 radical (unpaired) electrons. The number of esters is 1. The third-order valence-corrected chi connectivity index (χ3v) is 4.52. The van der Waals surface area contributed by atoms with Crippen LogP contribution in [-0.2, 0) is 22.6 Å². The molecular formula is C22H24N2O5. The number of aromatic nitrogens is 2. The molecule has 0 bridgehead atoms. The number of phenols is 1. The van der Waals surface area contributed by atoms with E-state index in [2.05, 4.69) is 24.0 Å². The van der Waals surface area contributed by atoms with Crippen LogP contribution in [0.3, 0.4) is 0 Å². The molecule has 2 aromatic carbocycles. The van der Waals surface area contributed by atoms with Gasteiger partial charge in [-0.15, -0.1) is 0 Å². The van der Waals surface area contributed by atoms with Crippen molar-refractivity contribution in [1.82, 2.24) is 10.1 Å². The molecule has 1 aromatic heterocycles. The van der Waals surface area contributed by atoms with Crippen LogP contribution < -0.4 is 4.74 Å². The highest BCUT2D eigenvalue weighted by atomic mass is 16.6. The smallest absolute Gasteiger partial charge is 0.306 e. The zero-order valence-electron chi connectivity index (χ0n) is 16.7. The number of phenolic OH excluding ortho intramolecular Hbond substituents is 1. The second-order valence-electron chi connectivity index (χ2n) is 6.96. The third kappa shape index (κ3) is 5.34. The van der Waals surface area contributed by atoms with E-state index in [1.807, 2.05) is 24.3 Å². The van der Waals surface area contributed by atoms with Gasteiger partial charge in [-0.25, -0.2) is 0 Å². The van der Waals surface area contributed by atoms with Crippen LogP contribution in [0.2, 0.25) is 0 Å². The first kappa shape index (κ1) is 20.4. The Hall–Kier alpha value is -3.35. The molecule has 0 aliphatic carbocycles. The van der Waals surface area contributed by atoms with Crippen molar-refractivity contribution >= 4 is 5.97 Å². The summed E-state index contributed by atoms with van der Waals surface area (Å²) in [7, 11) is 1.48. The molecule has 0 fully saturated rings. The SMILES string of the molecule is COc1ccc(CCC(=O)OCc2nc(-c3ccc(C(C)C)cc3)no2)cc1O. The molecule has 29 heavy (non-hydrogen) atoms. The average molecular weight is 396 g/mol. The number of rotatable bonds is 8. The molecule has 0 saturated carbocycles. The van der Waals surface area contributed by atoms with E-state index in [4.69, 9.17) is 14.0 Å². The lowest BCUT2D eigenvalue weighted by Crippen LogP contribution is -2.06. The number of aromatic hydroxyl groups is 1. The maximum absolute atomic E-state index is 12.0. The summed E-state index contributed by atoms with van der Waals surface area (Å²) in [5, 5.41) is 13.7. The predicted octanol–water partition coefficient (Wildman–Crippen LogP) is 4.25. The van der Waals surface area contributed by atoms with Gasteiger partial charge in [-0.3, -0.25) is 4.79 Å². The minimum Gasteiger partial charge on any atom is -0.504 e. The monoisotopic (exact) mass is 396 g/mol. The number of carbonyl (C=O) groups is 1. The molecular weight excluding hydrogens is 372 g/mol. The number of carbonyl (C=O) groups excluding carboxylic acids is 1. The average Bonchev–Trinajstić information content (AvgIpc) is 3.20. The Balaban J connectivity index is 1.50. The van der Waals surface area contributed by atoms with Crippen LogP contribution in [0.5, 0.6) is 11.5 Å². The molecule has 152 valence electrons. The van der Waals surface area contributed by atoms with Gasteiger partial charge in [0.2, 0.25) is 5.82 Å². The normalized spacial score (nSPS) is 10.9. The molecule has 3 aromatic rings. The van der Waals surface area contributed by atoms with E-state index in [0.717, 1.165) is 11.1 Å². The largest absolute Gasteiger partial charge is 0.504 e. The van der Waals surface area contributed by atoms with Gasteiger partial charge in [0.15, 0.2) is 18.1 Å². The Bertz CT molecular complexity index is 964. The molecule has 0 amide bonds. The van der Waals surface area contributed by atoms with Crippen molar-refractivity contribution in [2.75, 3.05) is 7.11 Å². The van der Waals surface area contributed by atoms with E-state index in [1.165, 1.54) is 12.7 Å². The number of hydrogen-bond donors (Lipinski definition) is 1. The van der Waals surface area contributed by atoms with E-state index in [0.29, 0.717) is 23.9 Å². The third-order valence-electron chi connectivity index (χ3n) is 4.52. The summed E-state index contributed by atoms with van der Waals surface area (Å²) in [6.07, 6.45) is 0.608. The lowest BCUT2D eigenvalue weighted by Gasteiger charge is -2.06. The highest BCUT2D eigenvalue weighted by Crippen LogP contribution is 2.26. The lowest BCUT2D eigenvalue weighted by molar-refractivity contribution is -0.145. The van der Waals surface area contributed by atoms with Gasteiger partial charge < -0.3 is 19.1 Å². The molecule has 0 aliphatic heterocycles. The van der Waals surface area contributed by atoms with Crippen molar-refractivity contribution in [3.05, 3.63) is 59.5 Å². The number of benzene rings is 2. The van der Waals surface area contributed by atoms with Crippen molar-refractivity contribution in [3.8, 4) is 22.9 Å². The fourth-order valence-electron chi connectivity index (χ4n) is 2.80. The Morgan fingerprint density at radius 2 is 1.93 bits per heavy atom. The van der Waals surface area contributed by atoms with Crippen LogP contribution in [0.4, 0.5) is 0 Å². The minimum atomic E-state index is -0.388. The van der Waals surface area contributed by atoms with E-state index in [9.17, 15) is 9.90 Å². The fourth-order valence-corrected chi connectivity index (χ4v) is 2.80. The molecule has 3 rings (SSSR count). The van der Waals surface area contributed by atoms with Gasteiger partial charge in [-0.1, -0.05) is 49.3 Å². The molecule has 1 N–H and O–H groups in total. The van der Waals surface area contributed by atoms with E-state index < -0.39 is 0 Å². The van der Waals surface area contributed by atoms with Crippen LogP contribution in [0.1, 0.15) is 43.2 Å². The summed E-state index contributed by atoms with van der Waals surface area (Å²) in [6.45, 7) is 4.18. The first-order valence-electron chi connectivity index (χ1n) is 9.40. The summed E-state index contributed by atoms with van der Waals surface area (Å²) in [6, 6.07) is 13.0. The standard InChI is InChI=1S/C22H24N2O5/c1-14(2)16-6-8-17(9-7-16)22-23-20(29-24-22)13-28-21(26)11-5-15-4-10-19(27-3)18(25)12-15/h4,6-10,12,14,25H,5,11,13H2,1-3H3. The van der Waals surface area contributed by atoms with Gasteiger partial charge in [-0.2, -0.15) is 4.98 Å². The van der Waals surface area contributed by atoms with Gasteiger partial charge in [0.1, 0.15) is 0 Å². The number of ether oxygens (including phenoxy) is 2. The molecule has 7 heteroatoms. The lowest BCUT2D eigenvalue weighted by atomic mass is 10.0. The first-order chi connectivity index (χ1) is 14.0. The molecule has 0 saturated heterocycles. The summed E-state index contributed by atoms with van der Waals surface area (Å²) >= 11 is 0. The highest BCUT2D eigenvalue weighted by Gasteiger charge is 2.12. The number of hydrogen-bond acceptors (Lipinski definition) is 7. The van der Waals surface area contributed by atoms with Crippen molar-refractivity contribution in [3.63, 3.8) is 0 Å². The quantitative estimate of drug-likeness (QED) is 0.569.